The fourth-order valence-electron chi connectivity index (χ4n) is 3.86. The van der Waals surface area contributed by atoms with E-state index in [2.05, 4.69) is 0 Å². The van der Waals surface area contributed by atoms with Crippen LogP contribution in [0.2, 0.25) is 0 Å². The van der Waals surface area contributed by atoms with Gasteiger partial charge in [-0.1, -0.05) is 42.5 Å². The Bertz CT molecular complexity index is 1160. The van der Waals surface area contributed by atoms with E-state index in [1.807, 2.05) is 61.2 Å². The molecule has 0 heterocycles. The molecule has 0 bridgehead atoms. The number of nitrogens with two attached hydrogens (primary N) is 1. The minimum Gasteiger partial charge on any atom is -0.494 e. The highest BCUT2D eigenvalue weighted by molar-refractivity contribution is 5.95. The molecule has 3 rings (SSSR count). The van der Waals surface area contributed by atoms with Crippen LogP contribution < -0.4 is 19.9 Å². The number of nitrogens with one attached hydrogen (secondary N) is 1. The van der Waals surface area contributed by atoms with Gasteiger partial charge in [-0.15, -0.1) is 0 Å². The molecule has 0 aliphatic heterocycles. The standard InChI is InChI=1S/C30H37N3O4/c1-22(2)33(21-23-11-6-4-7-12-23)30(34)25-15-16-27(28(20-25)35-3)37-18-9-5-8-17-36-26-14-10-13-24(19-26)29(31)32/h4,6-7,10-16,19-20,22H,5,8-9,17-18,21H2,1-3H3,(H3,31,32). The lowest BCUT2D eigenvalue weighted by molar-refractivity contribution is 0.0690. The Morgan fingerprint density at radius 3 is 2.27 bits per heavy atom. The van der Waals surface area contributed by atoms with Gasteiger partial charge in [-0.3, -0.25) is 10.2 Å². The number of rotatable bonds is 14. The number of hydrogen-bond acceptors (Lipinski definition) is 5. The van der Waals surface area contributed by atoms with Gasteiger partial charge in [0.1, 0.15) is 11.6 Å². The minimum atomic E-state index is -0.0439. The van der Waals surface area contributed by atoms with Crippen molar-refractivity contribution in [3.8, 4) is 17.2 Å². The summed E-state index contributed by atoms with van der Waals surface area (Å²) in [5.74, 6) is 1.86. The van der Waals surface area contributed by atoms with E-state index in [1.54, 1.807) is 37.4 Å². The van der Waals surface area contributed by atoms with Crippen LogP contribution in [0.4, 0.5) is 0 Å². The summed E-state index contributed by atoms with van der Waals surface area (Å²) in [6, 6.07) is 22.6. The molecule has 0 saturated heterocycles. The zero-order chi connectivity index (χ0) is 26.6. The number of nitrogens with zero attached hydrogens (tertiary/aromatic N) is 1. The third-order valence-corrected chi connectivity index (χ3v) is 5.95. The van der Waals surface area contributed by atoms with E-state index < -0.39 is 0 Å². The van der Waals surface area contributed by atoms with Gasteiger partial charge in [0.25, 0.3) is 5.91 Å². The first-order valence-corrected chi connectivity index (χ1v) is 12.6. The van der Waals surface area contributed by atoms with Gasteiger partial charge in [-0.05, 0) is 69.0 Å². The van der Waals surface area contributed by atoms with E-state index in [0.29, 0.717) is 48.1 Å². The van der Waals surface area contributed by atoms with Gasteiger partial charge in [0.2, 0.25) is 0 Å². The second-order valence-electron chi connectivity index (χ2n) is 9.08. The van der Waals surface area contributed by atoms with Crippen LogP contribution in [0.1, 0.15) is 54.6 Å². The Kier molecular flexibility index (Phi) is 10.4. The van der Waals surface area contributed by atoms with Crippen LogP contribution >= 0.6 is 0 Å². The molecule has 0 atom stereocenters. The molecule has 0 fully saturated rings. The fourth-order valence-corrected chi connectivity index (χ4v) is 3.86. The smallest absolute Gasteiger partial charge is 0.254 e. The van der Waals surface area contributed by atoms with Crippen molar-refractivity contribution in [1.29, 1.82) is 5.41 Å². The molecule has 7 heteroatoms. The molecule has 0 unspecified atom stereocenters. The van der Waals surface area contributed by atoms with Gasteiger partial charge >= 0.3 is 0 Å². The molecule has 0 aliphatic rings. The lowest BCUT2D eigenvalue weighted by Crippen LogP contribution is -2.36. The summed E-state index contributed by atoms with van der Waals surface area (Å²) in [6.45, 7) is 5.70. The minimum absolute atomic E-state index is 0.0276. The summed E-state index contributed by atoms with van der Waals surface area (Å²) < 4.78 is 17.2. The molecule has 3 N–H and O–H groups in total. The molecule has 3 aromatic carbocycles. The number of methoxy groups -OCH3 is 1. The largest absolute Gasteiger partial charge is 0.494 e. The number of hydrogen-bond donors (Lipinski definition) is 2. The van der Waals surface area contributed by atoms with Crippen molar-refractivity contribution in [2.24, 2.45) is 5.73 Å². The van der Waals surface area contributed by atoms with Crippen LogP contribution in [0.5, 0.6) is 17.2 Å². The maximum Gasteiger partial charge on any atom is 0.254 e. The number of amidine groups is 1. The Balaban J connectivity index is 1.47. The molecular weight excluding hydrogens is 466 g/mol. The first-order chi connectivity index (χ1) is 17.9. The highest BCUT2D eigenvalue weighted by atomic mass is 16.5. The highest BCUT2D eigenvalue weighted by Gasteiger charge is 2.20. The summed E-state index contributed by atoms with van der Waals surface area (Å²) in [5.41, 5.74) is 7.84. The van der Waals surface area contributed by atoms with Gasteiger partial charge in [0.05, 0.1) is 20.3 Å². The maximum atomic E-state index is 13.3. The summed E-state index contributed by atoms with van der Waals surface area (Å²) in [4.78, 5) is 15.1. The Morgan fingerprint density at radius 1 is 0.865 bits per heavy atom. The molecule has 1 amide bonds. The highest BCUT2D eigenvalue weighted by Crippen LogP contribution is 2.29. The second-order valence-corrected chi connectivity index (χ2v) is 9.08. The van der Waals surface area contributed by atoms with Crippen LogP contribution in [0.3, 0.4) is 0 Å². The summed E-state index contributed by atoms with van der Waals surface area (Å²) in [7, 11) is 1.58. The summed E-state index contributed by atoms with van der Waals surface area (Å²) in [6.07, 6.45) is 2.68. The molecule has 0 aromatic heterocycles. The molecule has 0 saturated carbocycles. The van der Waals surface area contributed by atoms with Crippen molar-refractivity contribution in [3.63, 3.8) is 0 Å². The van der Waals surface area contributed by atoms with Crippen LogP contribution in [0.25, 0.3) is 0 Å². The fraction of sp³-hybridized carbons (Fsp3) is 0.333. The second kappa shape index (κ2) is 13.9. The normalized spacial score (nSPS) is 10.7. The summed E-state index contributed by atoms with van der Waals surface area (Å²) >= 11 is 0. The van der Waals surface area contributed by atoms with E-state index in [0.717, 1.165) is 24.8 Å². The van der Waals surface area contributed by atoms with E-state index >= 15 is 0 Å². The van der Waals surface area contributed by atoms with Crippen molar-refractivity contribution in [3.05, 3.63) is 89.5 Å². The number of amides is 1. The lowest BCUT2D eigenvalue weighted by Gasteiger charge is -2.27. The molecule has 0 radical (unpaired) electrons. The zero-order valence-corrected chi connectivity index (χ0v) is 21.9. The van der Waals surface area contributed by atoms with Crippen LogP contribution in [-0.4, -0.2) is 43.0 Å². The van der Waals surface area contributed by atoms with E-state index in [4.69, 9.17) is 25.4 Å². The number of carbonyl (C=O) groups excluding carboxylic acids is 1. The molecule has 196 valence electrons. The topological polar surface area (TPSA) is 97.9 Å². The first kappa shape index (κ1) is 27.6. The molecule has 37 heavy (non-hydrogen) atoms. The molecule has 0 aliphatic carbocycles. The average Bonchev–Trinajstić information content (AvgIpc) is 2.91. The van der Waals surface area contributed by atoms with Crippen molar-refractivity contribution in [2.75, 3.05) is 20.3 Å². The molecule has 7 nitrogen and oxygen atoms in total. The number of ether oxygens (including phenoxy) is 3. The Hall–Kier alpha value is -4.00. The average molecular weight is 504 g/mol. The van der Waals surface area contributed by atoms with Crippen molar-refractivity contribution >= 4 is 11.7 Å². The monoisotopic (exact) mass is 503 g/mol. The predicted octanol–water partition coefficient (Wildman–Crippen LogP) is 5.66. The molecule has 3 aromatic rings. The van der Waals surface area contributed by atoms with Gasteiger partial charge in [-0.25, -0.2) is 0 Å². The number of unbranched alkanes of at least 4 members (excludes halogenated alkanes) is 2. The number of nitrogen functional groups attached to an aromatic ring is 1. The van der Waals surface area contributed by atoms with Gasteiger partial charge in [0.15, 0.2) is 11.5 Å². The molecular formula is C30H37N3O4. The SMILES string of the molecule is COc1cc(C(=O)N(Cc2ccccc2)C(C)C)ccc1OCCCCCOc1cccc(C(=N)N)c1. The lowest BCUT2D eigenvalue weighted by atomic mass is 10.1. The zero-order valence-electron chi connectivity index (χ0n) is 21.9. The van der Waals surface area contributed by atoms with E-state index in [1.165, 1.54) is 0 Å². The Labute approximate surface area is 219 Å². The van der Waals surface area contributed by atoms with Gasteiger partial charge in [0, 0.05) is 23.7 Å². The van der Waals surface area contributed by atoms with E-state index in [9.17, 15) is 4.79 Å². The van der Waals surface area contributed by atoms with Crippen molar-refractivity contribution < 1.29 is 19.0 Å². The maximum absolute atomic E-state index is 13.3. The third-order valence-electron chi connectivity index (χ3n) is 5.95. The number of benzene rings is 3. The quantitative estimate of drug-likeness (QED) is 0.168. The van der Waals surface area contributed by atoms with Crippen molar-refractivity contribution in [2.45, 2.75) is 45.7 Å². The van der Waals surface area contributed by atoms with Gasteiger partial charge in [-0.2, -0.15) is 0 Å². The third kappa shape index (κ3) is 8.27. The van der Waals surface area contributed by atoms with E-state index in [-0.39, 0.29) is 17.8 Å². The predicted molar refractivity (Wildman–Crippen MR) is 147 cm³/mol. The Morgan fingerprint density at radius 2 is 1.59 bits per heavy atom. The number of carbonyl (C=O) groups is 1. The first-order valence-electron chi connectivity index (χ1n) is 12.6. The van der Waals surface area contributed by atoms with Gasteiger partial charge < -0.3 is 24.8 Å². The van der Waals surface area contributed by atoms with Crippen molar-refractivity contribution in [1.82, 2.24) is 4.90 Å². The van der Waals surface area contributed by atoms with Crippen LogP contribution in [-0.2, 0) is 6.54 Å². The van der Waals surface area contributed by atoms with Crippen LogP contribution in [0.15, 0.2) is 72.8 Å². The summed E-state index contributed by atoms with van der Waals surface area (Å²) in [5, 5.41) is 7.51. The molecule has 0 spiro atoms. The van der Waals surface area contributed by atoms with Crippen LogP contribution in [0, 0.1) is 5.41 Å².